The number of likely N-dealkylation sites (tertiary alicyclic amines) is 1. The van der Waals surface area contributed by atoms with Gasteiger partial charge in [0.25, 0.3) is 5.91 Å². The van der Waals surface area contributed by atoms with Crippen molar-refractivity contribution in [3.05, 3.63) is 17.7 Å². The molecule has 0 aliphatic carbocycles. The number of nitrogen functional groups attached to an aromatic ring is 1. The first kappa shape index (κ1) is 20.8. The Hall–Kier alpha value is -2.48. The largest absolute Gasteiger partial charge is 0.493 e. The Bertz CT molecular complexity index is 664. The number of amides is 1. The van der Waals surface area contributed by atoms with Crippen LogP contribution in [0, 0.1) is 0 Å². The van der Waals surface area contributed by atoms with E-state index in [1.165, 1.54) is 14.2 Å². The van der Waals surface area contributed by atoms with Crippen LogP contribution in [0.25, 0.3) is 0 Å². The maximum atomic E-state index is 12.9. The second-order valence-corrected chi connectivity index (χ2v) is 6.45. The fraction of sp³-hybridized carbons (Fsp3) is 0.579. The van der Waals surface area contributed by atoms with Crippen molar-refractivity contribution in [3.8, 4) is 11.5 Å². The van der Waals surface area contributed by atoms with E-state index in [0.29, 0.717) is 30.0 Å². The second kappa shape index (κ2) is 10.0. The zero-order valence-electron chi connectivity index (χ0n) is 15.9. The van der Waals surface area contributed by atoms with Gasteiger partial charge in [0.2, 0.25) is 0 Å². The van der Waals surface area contributed by atoms with E-state index in [9.17, 15) is 14.7 Å². The highest BCUT2D eigenvalue weighted by atomic mass is 16.5. The molecular weight excluding hydrogens is 352 g/mol. The van der Waals surface area contributed by atoms with Crippen molar-refractivity contribution < 1.29 is 28.9 Å². The first-order valence-electron chi connectivity index (χ1n) is 9.10. The van der Waals surface area contributed by atoms with Crippen LogP contribution in [0.2, 0.25) is 0 Å². The average Bonchev–Trinajstić information content (AvgIpc) is 2.70. The molecule has 1 atom stereocenters. The van der Waals surface area contributed by atoms with Crippen LogP contribution in [0.1, 0.15) is 42.5 Å². The van der Waals surface area contributed by atoms with Crippen molar-refractivity contribution in [2.45, 2.75) is 38.1 Å². The third-order valence-corrected chi connectivity index (χ3v) is 4.68. The van der Waals surface area contributed by atoms with Crippen molar-refractivity contribution in [2.75, 3.05) is 39.7 Å². The van der Waals surface area contributed by atoms with Crippen molar-refractivity contribution in [3.63, 3.8) is 0 Å². The monoisotopic (exact) mass is 380 g/mol. The predicted octanol–water partition coefficient (Wildman–Crippen LogP) is 1.60. The molecule has 1 aromatic carbocycles. The van der Waals surface area contributed by atoms with Crippen LogP contribution in [0.4, 0.5) is 5.69 Å². The number of methoxy groups -OCH3 is 2. The van der Waals surface area contributed by atoms with Crippen LogP contribution in [0.3, 0.4) is 0 Å². The maximum Gasteiger partial charge on any atom is 0.305 e. The minimum atomic E-state index is -0.300. The van der Waals surface area contributed by atoms with Gasteiger partial charge < -0.3 is 30.0 Å². The number of hydrogen-bond donors (Lipinski definition) is 2. The Labute approximate surface area is 159 Å². The first-order valence-corrected chi connectivity index (χ1v) is 9.10. The molecule has 0 spiro atoms. The van der Waals surface area contributed by atoms with Gasteiger partial charge in [-0.05, 0) is 31.7 Å². The Kier molecular flexibility index (Phi) is 7.72. The molecule has 8 nitrogen and oxygen atoms in total. The molecule has 3 N–H and O–H groups in total. The summed E-state index contributed by atoms with van der Waals surface area (Å²) in [5.74, 6) is 0.282. The predicted molar refractivity (Wildman–Crippen MR) is 99.9 cm³/mol. The van der Waals surface area contributed by atoms with Crippen LogP contribution in [0.15, 0.2) is 12.1 Å². The molecule has 0 aromatic heterocycles. The number of ether oxygens (including phenoxy) is 3. The molecule has 1 aromatic rings. The summed E-state index contributed by atoms with van der Waals surface area (Å²) >= 11 is 0. The number of carbonyl (C=O) groups is 2. The van der Waals surface area contributed by atoms with Gasteiger partial charge in [-0.2, -0.15) is 0 Å². The smallest absolute Gasteiger partial charge is 0.305 e. The average molecular weight is 380 g/mol. The molecule has 0 saturated carbocycles. The number of piperidine rings is 1. The Morgan fingerprint density at radius 2 is 2.04 bits per heavy atom. The van der Waals surface area contributed by atoms with E-state index in [2.05, 4.69) is 4.74 Å². The summed E-state index contributed by atoms with van der Waals surface area (Å²) in [4.78, 5) is 25.7. The third kappa shape index (κ3) is 5.26. The van der Waals surface area contributed by atoms with Crippen molar-refractivity contribution in [1.29, 1.82) is 0 Å². The van der Waals surface area contributed by atoms with Gasteiger partial charge in [-0.3, -0.25) is 9.59 Å². The molecule has 27 heavy (non-hydrogen) atoms. The maximum absolute atomic E-state index is 12.9. The van der Waals surface area contributed by atoms with Gasteiger partial charge in [-0.15, -0.1) is 0 Å². The summed E-state index contributed by atoms with van der Waals surface area (Å²) in [6, 6.07) is 2.93. The van der Waals surface area contributed by atoms with Gasteiger partial charge in [0.15, 0.2) is 11.5 Å². The van der Waals surface area contributed by atoms with E-state index < -0.39 is 0 Å². The second-order valence-electron chi connectivity index (χ2n) is 6.45. The summed E-state index contributed by atoms with van der Waals surface area (Å²) in [5, 5.41) is 9.55. The minimum Gasteiger partial charge on any atom is -0.493 e. The summed E-state index contributed by atoms with van der Waals surface area (Å²) < 4.78 is 15.6. The first-order chi connectivity index (χ1) is 13.0. The van der Waals surface area contributed by atoms with E-state index in [1.807, 2.05) is 0 Å². The lowest BCUT2D eigenvalue weighted by Gasteiger charge is -2.35. The summed E-state index contributed by atoms with van der Waals surface area (Å²) in [5.41, 5.74) is 6.71. The number of carbonyl (C=O) groups excluding carboxylic acids is 2. The van der Waals surface area contributed by atoms with E-state index in [4.69, 9.17) is 15.2 Å². The number of aliphatic hydroxyl groups is 1. The fourth-order valence-electron chi connectivity index (χ4n) is 3.15. The minimum absolute atomic E-state index is 0.0653. The molecule has 1 amide bonds. The summed E-state index contributed by atoms with van der Waals surface area (Å²) in [6.07, 6.45) is 3.41. The number of rotatable bonds is 8. The van der Waals surface area contributed by atoms with Crippen molar-refractivity contribution in [2.24, 2.45) is 0 Å². The van der Waals surface area contributed by atoms with Gasteiger partial charge in [-0.1, -0.05) is 0 Å². The molecule has 8 heteroatoms. The highest BCUT2D eigenvalue weighted by Gasteiger charge is 2.28. The lowest BCUT2D eigenvalue weighted by atomic mass is 10.0. The number of nitrogens with zero attached hydrogens (tertiary/aromatic N) is 1. The number of esters is 1. The lowest BCUT2D eigenvalue weighted by Crippen LogP contribution is -2.45. The van der Waals surface area contributed by atoms with Crippen LogP contribution in [0.5, 0.6) is 11.5 Å². The van der Waals surface area contributed by atoms with Gasteiger partial charge in [0.1, 0.15) is 0 Å². The molecule has 1 aliphatic rings. The standard InChI is InChI=1S/C19H28N2O6/c1-25-16-10-14(19(24)21-8-4-3-6-13(21)12-22)15(20)11-17(16)27-9-5-7-18(23)26-2/h10-11,13,22H,3-9,12,20H2,1-2H3/t13-/m0/s1. The van der Waals surface area contributed by atoms with Crippen LogP contribution >= 0.6 is 0 Å². The van der Waals surface area contributed by atoms with E-state index >= 15 is 0 Å². The van der Waals surface area contributed by atoms with E-state index in [-0.39, 0.29) is 43.2 Å². The molecule has 0 bridgehead atoms. The normalized spacial score (nSPS) is 16.7. The van der Waals surface area contributed by atoms with Crippen molar-refractivity contribution in [1.82, 2.24) is 4.90 Å². The topological polar surface area (TPSA) is 111 Å². The zero-order valence-corrected chi connectivity index (χ0v) is 15.9. The fourth-order valence-corrected chi connectivity index (χ4v) is 3.15. The van der Waals surface area contributed by atoms with Gasteiger partial charge in [-0.25, -0.2) is 0 Å². The van der Waals surface area contributed by atoms with Crippen LogP contribution < -0.4 is 15.2 Å². The molecule has 1 heterocycles. The number of anilines is 1. The van der Waals surface area contributed by atoms with Crippen LogP contribution in [-0.2, 0) is 9.53 Å². The number of nitrogens with two attached hydrogens (primary N) is 1. The number of aliphatic hydroxyl groups excluding tert-OH is 1. The SMILES string of the molecule is COC(=O)CCCOc1cc(N)c(C(=O)N2CCCC[C@H]2CO)cc1OC. The quantitative estimate of drug-likeness (QED) is 0.400. The summed E-state index contributed by atoms with van der Waals surface area (Å²) in [7, 11) is 2.82. The zero-order chi connectivity index (χ0) is 19.8. The molecule has 0 unspecified atom stereocenters. The molecular formula is C19H28N2O6. The molecule has 0 radical (unpaired) electrons. The Morgan fingerprint density at radius 1 is 1.26 bits per heavy atom. The number of hydrogen-bond acceptors (Lipinski definition) is 7. The Balaban J connectivity index is 2.12. The lowest BCUT2D eigenvalue weighted by molar-refractivity contribution is -0.140. The van der Waals surface area contributed by atoms with Gasteiger partial charge >= 0.3 is 5.97 Å². The summed E-state index contributed by atoms with van der Waals surface area (Å²) in [6.45, 7) is 0.818. The molecule has 1 fully saturated rings. The highest BCUT2D eigenvalue weighted by molar-refractivity contribution is 6.00. The molecule has 1 saturated heterocycles. The van der Waals surface area contributed by atoms with E-state index in [0.717, 1.165) is 19.3 Å². The molecule has 150 valence electrons. The van der Waals surface area contributed by atoms with Gasteiger partial charge in [0.05, 0.1) is 39.0 Å². The van der Waals surface area contributed by atoms with Gasteiger partial charge in [0, 0.05) is 24.7 Å². The third-order valence-electron chi connectivity index (χ3n) is 4.68. The highest BCUT2D eigenvalue weighted by Crippen LogP contribution is 2.34. The molecule has 1 aliphatic heterocycles. The van der Waals surface area contributed by atoms with Crippen LogP contribution in [-0.4, -0.2) is 61.9 Å². The van der Waals surface area contributed by atoms with E-state index in [1.54, 1.807) is 17.0 Å². The molecule has 2 rings (SSSR count). The van der Waals surface area contributed by atoms with Crippen molar-refractivity contribution >= 4 is 17.6 Å². The Morgan fingerprint density at radius 3 is 2.70 bits per heavy atom. The number of benzene rings is 1.